The highest BCUT2D eigenvalue weighted by atomic mass is 16.4. The van der Waals surface area contributed by atoms with Crippen LogP contribution in [0.5, 0.6) is 5.75 Å². The molecule has 1 atom stereocenters. The van der Waals surface area contributed by atoms with Crippen molar-refractivity contribution in [3.05, 3.63) is 39.7 Å². The lowest BCUT2D eigenvalue weighted by Gasteiger charge is -2.14. The predicted molar refractivity (Wildman–Crippen MR) is 80.2 cm³/mol. The molecule has 2 rings (SSSR count). The highest BCUT2D eigenvalue weighted by Gasteiger charge is 2.24. The van der Waals surface area contributed by atoms with Crippen molar-refractivity contribution in [2.45, 2.75) is 19.9 Å². The van der Waals surface area contributed by atoms with E-state index in [9.17, 15) is 19.5 Å². The number of aryl methyl sites for hydroxylation is 2. The molecule has 22 heavy (non-hydrogen) atoms. The number of aromatic nitrogens is 1. The predicted octanol–water partition coefficient (Wildman–Crippen LogP) is 0.755. The number of amides is 1. The third-order valence-corrected chi connectivity index (χ3v) is 3.53. The van der Waals surface area contributed by atoms with Crippen LogP contribution < -0.4 is 10.9 Å². The van der Waals surface area contributed by atoms with Gasteiger partial charge in [-0.05, 0) is 25.5 Å². The molecule has 0 bridgehead atoms. The summed E-state index contributed by atoms with van der Waals surface area (Å²) < 4.78 is 1.27. The quantitative estimate of drug-likeness (QED) is 0.775. The van der Waals surface area contributed by atoms with Crippen LogP contribution in [0.25, 0.3) is 10.9 Å². The van der Waals surface area contributed by atoms with Gasteiger partial charge < -0.3 is 20.1 Å². The van der Waals surface area contributed by atoms with Gasteiger partial charge in [0.1, 0.15) is 17.4 Å². The second-order valence-electron chi connectivity index (χ2n) is 5.09. The molecule has 0 aliphatic carbocycles. The van der Waals surface area contributed by atoms with Gasteiger partial charge in [-0.25, -0.2) is 0 Å². The summed E-state index contributed by atoms with van der Waals surface area (Å²) in [6.07, 6.45) is 0. The summed E-state index contributed by atoms with van der Waals surface area (Å²) in [6.45, 7) is 3.06. The Morgan fingerprint density at radius 1 is 1.32 bits per heavy atom. The Hall–Kier alpha value is -2.83. The van der Waals surface area contributed by atoms with Crippen LogP contribution in [0.1, 0.15) is 22.8 Å². The maximum atomic E-state index is 12.3. The summed E-state index contributed by atoms with van der Waals surface area (Å²) in [5.74, 6) is -2.60. The van der Waals surface area contributed by atoms with E-state index in [1.807, 2.05) is 0 Å². The van der Waals surface area contributed by atoms with Crippen molar-refractivity contribution in [1.29, 1.82) is 0 Å². The second kappa shape index (κ2) is 5.51. The van der Waals surface area contributed by atoms with Crippen molar-refractivity contribution in [2.75, 3.05) is 0 Å². The molecule has 0 fully saturated rings. The molecule has 1 amide bonds. The first-order valence-corrected chi connectivity index (χ1v) is 6.60. The molecule has 0 spiro atoms. The van der Waals surface area contributed by atoms with Crippen molar-refractivity contribution in [1.82, 2.24) is 9.88 Å². The Morgan fingerprint density at radius 2 is 1.95 bits per heavy atom. The number of aromatic hydroxyl groups is 1. The van der Waals surface area contributed by atoms with Gasteiger partial charge in [0.2, 0.25) is 0 Å². The molecule has 1 heterocycles. The molecule has 1 aromatic heterocycles. The van der Waals surface area contributed by atoms with Crippen LogP contribution in [0, 0.1) is 6.92 Å². The van der Waals surface area contributed by atoms with E-state index in [4.69, 9.17) is 5.11 Å². The molecule has 0 saturated heterocycles. The second-order valence-corrected chi connectivity index (χ2v) is 5.09. The molecule has 0 aliphatic rings. The normalized spacial score (nSPS) is 12.1. The van der Waals surface area contributed by atoms with Gasteiger partial charge in [0.15, 0.2) is 0 Å². The Balaban J connectivity index is 2.68. The van der Waals surface area contributed by atoms with E-state index in [1.54, 1.807) is 25.1 Å². The lowest BCUT2D eigenvalue weighted by Crippen LogP contribution is -2.41. The molecule has 0 radical (unpaired) electrons. The summed E-state index contributed by atoms with van der Waals surface area (Å²) in [5, 5.41) is 21.6. The van der Waals surface area contributed by atoms with Crippen LogP contribution in [0.3, 0.4) is 0 Å². The van der Waals surface area contributed by atoms with Crippen molar-refractivity contribution < 1.29 is 19.8 Å². The lowest BCUT2D eigenvalue weighted by molar-refractivity contribution is -0.138. The number of hydrogen-bond acceptors (Lipinski definition) is 4. The number of nitrogens with zero attached hydrogens (tertiary/aromatic N) is 1. The summed E-state index contributed by atoms with van der Waals surface area (Å²) in [6, 6.07) is 3.90. The average molecular weight is 304 g/mol. The van der Waals surface area contributed by atoms with Gasteiger partial charge in [0.05, 0.1) is 5.52 Å². The van der Waals surface area contributed by atoms with E-state index >= 15 is 0 Å². The van der Waals surface area contributed by atoms with Crippen LogP contribution in [0.2, 0.25) is 0 Å². The van der Waals surface area contributed by atoms with Crippen molar-refractivity contribution in [2.24, 2.45) is 7.05 Å². The van der Waals surface area contributed by atoms with E-state index in [0.29, 0.717) is 10.9 Å². The van der Waals surface area contributed by atoms with Crippen LogP contribution in [0.4, 0.5) is 0 Å². The molecule has 116 valence electrons. The number of para-hydroxylation sites is 1. The molecule has 0 saturated carbocycles. The molecule has 7 heteroatoms. The van der Waals surface area contributed by atoms with Gasteiger partial charge in [0.25, 0.3) is 11.5 Å². The zero-order valence-electron chi connectivity index (χ0n) is 12.4. The Morgan fingerprint density at radius 3 is 2.55 bits per heavy atom. The minimum atomic E-state index is -1.23. The molecule has 1 unspecified atom stereocenters. The number of nitrogens with one attached hydrogen (secondary N) is 1. The maximum Gasteiger partial charge on any atom is 0.325 e. The third-order valence-electron chi connectivity index (χ3n) is 3.53. The number of carbonyl (C=O) groups is 2. The Labute approximate surface area is 125 Å². The van der Waals surface area contributed by atoms with Crippen molar-refractivity contribution >= 4 is 22.8 Å². The van der Waals surface area contributed by atoms with E-state index in [2.05, 4.69) is 5.32 Å². The number of pyridine rings is 1. The minimum Gasteiger partial charge on any atom is -0.506 e. The molecule has 2 aromatic rings. The topological polar surface area (TPSA) is 109 Å². The number of carboxylic acid groups (broad SMARTS) is 1. The van der Waals surface area contributed by atoms with E-state index < -0.39 is 34.8 Å². The van der Waals surface area contributed by atoms with Gasteiger partial charge in [-0.2, -0.15) is 0 Å². The fourth-order valence-corrected chi connectivity index (χ4v) is 2.34. The molecular weight excluding hydrogens is 288 g/mol. The molecule has 7 nitrogen and oxygen atoms in total. The monoisotopic (exact) mass is 304 g/mol. The number of hydrogen-bond donors (Lipinski definition) is 3. The minimum absolute atomic E-state index is 0.357. The van der Waals surface area contributed by atoms with Gasteiger partial charge in [0, 0.05) is 12.4 Å². The first-order chi connectivity index (χ1) is 10.3. The molecular formula is C15H16N2O5. The number of carboxylic acids is 1. The van der Waals surface area contributed by atoms with E-state index in [0.717, 1.165) is 5.56 Å². The van der Waals surface area contributed by atoms with Crippen LogP contribution in [-0.2, 0) is 11.8 Å². The van der Waals surface area contributed by atoms with E-state index in [1.165, 1.54) is 18.5 Å². The van der Waals surface area contributed by atoms with Crippen LogP contribution >= 0.6 is 0 Å². The lowest BCUT2D eigenvalue weighted by atomic mass is 10.1. The number of fused-ring (bicyclic) bond motifs is 1. The fraction of sp³-hybridized carbons (Fsp3) is 0.267. The van der Waals surface area contributed by atoms with Gasteiger partial charge >= 0.3 is 5.97 Å². The van der Waals surface area contributed by atoms with Crippen LogP contribution in [-0.4, -0.2) is 32.7 Å². The van der Waals surface area contributed by atoms with Crippen molar-refractivity contribution in [3.63, 3.8) is 0 Å². The SMILES string of the molecule is Cc1cccc2c(O)c(C(=O)NC(C)C(=O)O)c(=O)n(C)c12. The Kier molecular flexibility index (Phi) is 3.90. The third kappa shape index (κ3) is 2.41. The zero-order valence-corrected chi connectivity index (χ0v) is 12.4. The summed E-state index contributed by atoms with van der Waals surface area (Å²) in [7, 11) is 1.49. The van der Waals surface area contributed by atoms with Gasteiger partial charge in [-0.3, -0.25) is 14.4 Å². The fourth-order valence-electron chi connectivity index (χ4n) is 2.34. The van der Waals surface area contributed by atoms with Crippen LogP contribution in [0.15, 0.2) is 23.0 Å². The molecule has 0 aliphatic heterocycles. The largest absolute Gasteiger partial charge is 0.506 e. The summed E-state index contributed by atoms with van der Waals surface area (Å²) in [4.78, 5) is 35.3. The number of benzene rings is 1. The Bertz CT molecular complexity index is 838. The van der Waals surface area contributed by atoms with Gasteiger partial charge in [-0.1, -0.05) is 12.1 Å². The highest BCUT2D eigenvalue weighted by molar-refractivity contribution is 6.03. The first-order valence-electron chi connectivity index (χ1n) is 6.60. The summed E-state index contributed by atoms with van der Waals surface area (Å²) >= 11 is 0. The maximum absolute atomic E-state index is 12.3. The van der Waals surface area contributed by atoms with Crippen molar-refractivity contribution in [3.8, 4) is 5.75 Å². The number of carbonyl (C=O) groups excluding carboxylic acids is 1. The first kappa shape index (κ1) is 15.6. The number of rotatable bonds is 3. The van der Waals surface area contributed by atoms with Gasteiger partial charge in [-0.15, -0.1) is 0 Å². The molecule has 3 N–H and O–H groups in total. The molecule has 1 aromatic carbocycles. The highest BCUT2D eigenvalue weighted by Crippen LogP contribution is 2.27. The smallest absolute Gasteiger partial charge is 0.325 e. The summed E-state index contributed by atoms with van der Waals surface area (Å²) in [5.41, 5.74) is 0.147. The standard InChI is InChI=1S/C15H16N2O5/c1-7-5-4-6-9-11(7)17(3)14(20)10(12(9)18)13(19)16-8(2)15(21)22/h4-6,8,18H,1-3H3,(H,16,19)(H,21,22). The average Bonchev–Trinajstić information content (AvgIpc) is 2.44. The zero-order chi connectivity index (χ0) is 16.6. The number of aliphatic carboxylic acids is 1. The van der Waals surface area contributed by atoms with E-state index in [-0.39, 0.29) is 0 Å².